The molecule has 0 saturated heterocycles. The van der Waals surface area contributed by atoms with Crippen LogP contribution in [0.5, 0.6) is 0 Å². The van der Waals surface area contributed by atoms with Gasteiger partial charge in [0.15, 0.2) is 0 Å². The van der Waals surface area contributed by atoms with E-state index in [9.17, 15) is 0 Å². The Balaban J connectivity index is 0.000000157. The van der Waals surface area contributed by atoms with Crippen molar-refractivity contribution in [3.05, 3.63) is 125 Å². The molecule has 1 aliphatic carbocycles. The highest BCUT2D eigenvalue weighted by atomic mass is 31.1. The molecule has 3 aromatic carbocycles. The highest BCUT2D eigenvalue weighted by molar-refractivity contribution is 7.37. The number of hydrogen-bond donors (Lipinski definition) is 1. The number of aryl methyl sites for hydroxylation is 1. The Labute approximate surface area is 226 Å². The summed E-state index contributed by atoms with van der Waals surface area (Å²) in [5, 5.41) is 3.47. The van der Waals surface area contributed by atoms with Crippen LogP contribution in [0.15, 0.2) is 103 Å². The SMILES string of the molecule is C1=CC2=C(C=CC1)c1ccccc1CPC2.CCNCCB1CCc2ccccc2-c2ccccc2C1. The monoisotopic (exact) mass is 503 g/mol. The van der Waals surface area contributed by atoms with Gasteiger partial charge < -0.3 is 5.32 Å². The van der Waals surface area contributed by atoms with Crippen LogP contribution in [-0.2, 0) is 18.9 Å². The van der Waals surface area contributed by atoms with Gasteiger partial charge in [-0.15, -0.1) is 8.58 Å². The Morgan fingerprint density at radius 3 is 2.24 bits per heavy atom. The number of hydrogen-bond acceptors (Lipinski definition) is 1. The van der Waals surface area contributed by atoms with Crippen molar-refractivity contribution in [1.29, 1.82) is 0 Å². The van der Waals surface area contributed by atoms with Gasteiger partial charge in [-0.3, -0.25) is 0 Å². The molecule has 0 radical (unpaired) electrons. The summed E-state index contributed by atoms with van der Waals surface area (Å²) in [6.45, 7) is 5.19. The van der Waals surface area contributed by atoms with Crippen LogP contribution < -0.4 is 5.32 Å². The third kappa shape index (κ3) is 6.62. The third-order valence-corrected chi connectivity index (χ3v) is 9.06. The zero-order chi connectivity index (χ0) is 25.3. The van der Waals surface area contributed by atoms with Crippen LogP contribution >= 0.6 is 8.58 Å². The van der Waals surface area contributed by atoms with Crippen molar-refractivity contribution in [1.82, 2.24) is 5.32 Å². The van der Waals surface area contributed by atoms with Crippen molar-refractivity contribution in [3.63, 3.8) is 0 Å². The highest BCUT2D eigenvalue weighted by Crippen LogP contribution is 2.37. The van der Waals surface area contributed by atoms with Crippen LogP contribution in [0.3, 0.4) is 0 Å². The largest absolute Gasteiger partial charge is 0.318 e. The first-order valence-electron chi connectivity index (χ1n) is 14.1. The molecule has 0 amide bonds. The molecule has 2 aliphatic heterocycles. The van der Waals surface area contributed by atoms with Crippen LogP contribution in [-0.4, -0.2) is 26.0 Å². The summed E-state index contributed by atoms with van der Waals surface area (Å²) >= 11 is 0. The normalized spacial score (nSPS) is 16.7. The molecule has 3 aromatic rings. The van der Waals surface area contributed by atoms with E-state index in [-0.39, 0.29) is 0 Å². The molecule has 2 heterocycles. The predicted octanol–water partition coefficient (Wildman–Crippen LogP) is 8.24. The molecule has 0 spiro atoms. The Morgan fingerprint density at radius 2 is 1.43 bits per heavy atom. The second-order valence-corrected chi connectivity index (χ2v) is 11.5. The molecule has 3 heteroatoms. The summed E-state index contributed by atoms with van der Waals surface area (Å²) in [7, 11) is 1.03. The minimum Gasteiger partial charge on any atom is -0.318 e. The van der Waals surface area contributed by atoms with Gasteiger partial charge in [0, 0.05) is 0 Å². The fourth-order valence-electron chi connectivity index (χ4n) is 5.82. The minimum absolute atomic E-state index is 0.790. The minimum atomic E-state index is 0.790. The van der Waals surface area contributed by atoms with Gasteiger partial charge in [0.05, 0.1) is 0 Å². The summed E-state index contributed by atoms with van der Waals surface area (Å²) in [6.07, 6.45) is 17.7. The zero-order valence-corrected chi connectivity index (χ0v) is 23.2. The van der Waals surface area contributed by atoms with Crippen LogP contribution in [0, 0.1) is 0 Å². The average Bonchev–Trinajstić information content (AvgIpc) is 3.26. The lowest BCUT2D eigenvalue weighted by molar-refractivity contribution is 0.754. The van der Waals surface area contributed by atoms with E-state index in [2.05, 4.69) is 109 Å². The Kier molecular flexibility index (Phi) is 9.28. The van der Waals surface area contributed by atoms with E-state index < -0.39 is 0 Å². The molecule has 1 atom stereocenters. The van der Waals surface area contributed by atoms with E-state index in [1.807, 2.05) is 0 Å². The standard InChI is InChI=1S/C19H24BN.C15H15P/c1-2-21-14-13-20-12-11-16-7-3-5-9-18(16)19-10-6-4-8-17(19)15-20;1-2-6-12-10-16-11-13-7-4-5-9-15(13)14(12)8-3-1/h3-10,21H,2,11-15H2,1H3;2-9,16H,1,10-11H2. The van der Waals surface area contributed by atoms with Gasteiger partial charge in [0.25, 0.3) is 0 Å². The van der Waals surface area contributed by atoms with Crippen LogP contribution in [0.4, 0.5) is 0 Å². The molecule has 1 unspecified atom stereocenters. The van der Waals surface area contributed by atoms with E-state index in [4.69, 9.17) is 0 Å². The first kappa shape index (κ1) is 26.0. The van der Waals surface area contributed by atoms with E-state index >= 15 is 0 Å². The van der Waals surface area contributed by atoms with Crippen LogP contribution in [0.2, 0.25) is 12.6 Å². The maximum Gasteiger partial charge on any atom is 0.146 e. The number of benzene rings is 3. The van der Waals surface area contributed by atoms with Crippen molar-refractivity contribution >= 4 is 20.9 Å². The molecule has 0 saturated carbocycles. The Hall–Kier alpha value is -2.67. The quantitative estimate of drug-likeness (QED) is 0.215. The molecule has 6 rings (SSSR count). The first-order chi connectivity index (χ1) is 18.3. The van der Waals surface area contributed by atoms with Crippen molar-refractivity contribution in [3.8, 4) is 11.1 Å². The Bertz CT molecular complexity index is 1290. The second-order valence-electron chi connectivity index (χ2n) is 10.3. The average molecular weight is 503 g/mol. The molecule has 0 fully saturated rings. The maximum atomic E-state index is 3.47. The number of fused-ring (bicyclic) bond motifs is 5. The molecule has 37 heavy (non-hydrogen) atoms. The lowest BCUT2D eigenvalue weighted by Crippen LogP contribution is -2.26. The van der Waals surface area contributed by atoms with Crippen LogP contribution in [0.25, 0.3) is 16.7 Å². The number of nitrogens with one attached hydrogen (secondary N) is 1. The summed E-state index contributed by atoms with van der Waals surface area (Å²) in [6, 6.07) is 26.8. The van der Waals surface area contributed by atoms with Gasteiger partial charge in [0.1, 0.15) is 6.71 Å². The molecule has 0 aromatic heterocycles. The van der Waals surface area contributed by atoms with Crippen molar-refractivity contribution in [2.24, 2.45) is 0 Å². The lowest BCUT2D eigenvalue weighted by Gasteiger charge is -2.22. The fourth-order valence-corrected chi connectivity index (χ4v) is 7.10. The van der Waals surface area contributed by atoms with Gasteiger partial charge in [-0.2, -0.15) is 0 Å². The summed E-state index contributed by atoms with van der Waals surface area (Å²) in [5.41, 5.74) is 11.9. The van der Waals surface area contributed by atoms with Crippen molar-refractivity contribution in [2.75, 3.05) is 19.3 Å². The van der Waals surface area contributed by atoms with Gasteiger partial charge in [-0.25, -0.2) is 0 Å². The Morgan fingerprint density at radius 1 is 0.757 bits per heavy atom. The van der Waals surface area contributed by atoms with Gasteiger partial charge in [-0.1, -0.05) is 117 Å². The third-order valence-electron chi connectivity index (χ3n) is 7.79. The highest BCUT2D eigenvalue weighted by Gasteiger charge is 2.21. The molecule has 3 aliphatic rings. The molecule has 1 N–H and O–H groups in total. The fraction of sp³-hybridized carbons (Fsp3) is 0.294. The summed E-state index contributed by atoms with van der Waals surface area (Å²) in [5.74, 6) is 0. The molecular formula is C34H39BNP. The topological polar surface area (TPSA) is 12.0 Å². The first-order valence-corrected chi connectivity index (χ1v) is 15.5. The van der Waals surface area contributed by atoms with E-state index in [0.717, 1.165) is 34.8 Å². The summed E-state index contributed by atoms with van der Waals surface area (Å²) in [4.78, 5) is 0. The maximum absolute atomic E-state index is 3.47. The predicted molar refractivity (Wildman–Crippen MR) is 166 cm³/mol. The van der Waals surface area contributed by atoms with Crippen molar-refractivity contribution in [2.45, 2.75) is 44.9 Å². The molecular weight excluding hydrogens is 464 g/mol. The molecule has 1 nitrogen and oxygen atoms in total. The summed E-state index contributed by atoms with van der Waals surface area (Å²) < 4.78 is 0. The zero-order valence-electron chi connectivity index (χ0n) is 22.2. The van der Waals surface area contributed by atoms with E-state index in [1.54, 1.807) is 0 Å². The molecule has 0 bridgehead atoms. The van der Waals surface area contributed by atoms with Gasteiger partial charge >= 0.3 is 0 Å². The van der Waals surface area contributed by atoms with E-state index in [1.165, 1.54) is 82.2 Å². The van der Waals surface area contributed by atoms with Gasteiger partial charge in [-0.05, 0) is 89.1 Å². The van der Waals surface area contributed by atoms with Crippen molar-refractivity contribution < 1.29 is 0 Å². The van der Waals surface area contributed by atoms with E-state index in [0.29, 0.717) is 0 Å². The second kappa shape index (κ2) is 13.2. The molecule has 188 valence electrons. The smallest absolute Gasteiger partial charge is 0.146 e. The number of rotatable bonds is 4. The number of allylic oxidation sites excluding steroid dienone is 6. The lowest BCUT2D eigenvalue weighted by atomic mass is 9.40. The van der Waals surface area contributed by atoms with Crippen LogP contribution in [0.1, 0.15) is 35.6 Å². The van der Waals surface area contributed by atoms with Gasteiger partial charge in [0.2, 0.25) is 0 Å².